The maximum Gasteiger partial charge on any atom is 0.245 e. The van der Waals surface area contributed by atoms with E-state index in [4.69, 9.17) is 5.73 Å². The molecule has 0 aliphatic heterocycles. The molecule has 0 bridgehead atoms. The van der Waals surface area contributed by atoms with Crippen LogP contribution in [0.1, 0.15) is 22.7 Å². The minimum Gasteiger partial charge on any atom is -0.323 e. The molecule has 4 heteroatoms. The fourth-order valence-electron chi connectivity index (χ4n) is 2.09. The van der Waals surface area contributed by atoms with Gasteiger partial charge >= 0.3 is 0 Å². The normalized spacial score (nSPS) is 12.0. The minimum absolute atomic E-state index is 0.219. The molecule has 0 radical (unpaired) electrons. The largest absolute Gasteiger partial charge is 0.323 e. The summed E-state index contributed by atoms with van der Waals surface area (Å²) in [5.74, 6) is -0.219. The molecule has 1 amide bonds. The summed E-state index contributed by atoms with van der Waals surface area (Å²) in [6.07, 6.45) is 0. The summed E-state index contributed by atoms with van der Waals surface area (Å²) < 4.78 is 0.864. The molecule has 2 rings (SSSR count). The third-order valence-electron chi connectivity index (χ3n) is 3.12. The van der Waals surface area contributed by atoms with Crippen molar-refractivity contribution in [1.29, 1.82) is 0 Å². The number of hydrogen-bond acceptors (Lipinski definition) is 2. The number of anilines is 1. The molecular formula is C16H17BrN2O. The second kappa shape index (κ2) is 6.20. The highest BCUT2D eigenvalue weighted by molar-refractivity contribution is 9.10. The predicted molar refractivity (Wildman–Crippen MR) is 85.6 cm³/mol. The van der Waals surface area contributed by atoms with Gasteiger partial charge < -0.3 is 11.1 Å². The standard InChI is InChI=1S/C16H17BrN2O/c1-10-8-11(2)15(13(17)9-10)19-16(20)14(18)12-6-4-3-5-7-12/h3-9,14H,18H2,1-2H3,(H,19,20)/t14-/m0/s1. The Hall–Kier alpha value is -1.65. The van der Waals surface area contributed by atoms with Crippen LogP contribution in [0.15, 0.2) is 46.9 Å². The van der Waals surface area contributed by atoms with E-state index in [9.17, 15) is 4.79 Å². The molecule has 2 aromatic carbocycles. The zero-order valence-electron chi connectivity index (χ0n) is 11.5. The number of rotatable bonds is 3. The van der Waals surface area contributed by atoms with Gasteiger partial charge in [0.1, 0.15) is 6.04 Å². The van der Waals surface area contributed by atoms with E-state index in [-0.39, 0.29) is 5.91 Å². The van der Waals surface area contributed by atoms with Crippen molar-refractivity contribution in [3.8, 4) is 0 Å². The Morgan fingerprint density at radius 1 is 1.20 bits per heavy atom. The summed E-state index contributed by atoms with van der Waals surface area (Å²) in [6, 6.07) is 12.6. The van der Waals surface area contributed by atoms with Gasteiger partial charge in [-0.1, -0.05) is 36.4 Å². The van der Waals surface area contributed by atoms with Crippen molar-refractivity contribution >= 4 is 27.5 Å². The average Bonchev–Trinajstić information content (AvgIpc) is 2.42. The van der Waals surface area contributed by atoms with Crippen molar-refractivity contribution in [2.24, 2.45) is 5.73 Å². The SMILES string of the molecule is Cc1cc(C)c(NC(=O)[C@@H](N)c2ccccc2)c(Br)c1. The molecule has 0 aliphatic carbocycles. The fraction of sp³-hybridized carbons (Fsp3) is 0.188. The molecule has 0 unspecified atom stereocenters. The van der Waals surface area contributed by atoms with Crippen molar-refractivity contribution in [1.82, 2.24) is 0 Å². The second-order valence-corrected chi connectivity index (χ2v) is 5.67. The van der Waals surface area contributed by atoms with Crippen LogP contribution in [-0.2, 0) is 4.79 Å². The first-order valence-corrected chi connectivity index (χ1v) is 7.16. The van der Waals surface area contributed by atoms with Crippen LogP contribution >= 0.6 is 15.9 Å². The third kappa shape index (κ3) is 3.26. The molecule has 104 valence electrons. The van der Waals surface area contributed by atoms with E-state index in [0.29, 0.717) is 0 Å². The molecule has 0 aromatic heterocycles. The van der Waals surface area contributed by atoms with Gasteiger partial charge in [-0.3, -0.25) is 4.79 Å². The summed E-state index contributed by atoms with van der Waals surface area (Å²) in [7, 11) is 0. The van der Waals surface area contributed by atoms with E-state index in [1.165, 1.54) is 0 Å². The van der Waals surface area contributed by atoms with Gasteiger partial charge in [-0.15, -0.1) is 0 Å². The predicted octanol–water partition coefficient (Wildman–Crippen LogP) is 3.70. The Bertz CT molecular complexity index is 603. The topological polar surface area (TPSA) is 55.1 Å². The highest BCUT2D eigenvalue weighted by atomic mass is 79.9. The van der Waals surface area contributed by atoms with Crippen LogP contribution in [0, 0.1) is 13.8 Å². The Morgan fingerprint density at radius 2 is 1.85 bits per heavy atom. The van der Waals surface area contributed by atoms with Crippen LogP contribution in [0.5, 0.6) is 0 Å². The lowest BCUT2D eigenvalue weighted by molar-refractivity contribution is -0.117. The van der Waals surface area contributed by atoms with Crippen molar-refractivity contribution in [3.63, 3.8) is 0 Å². The van der Waals surface area contributed by atoms with Crippen LogP contribution in [-0.4, -0.2) is 5.91 Å². The molecule has 1 atom stereocenters. The summed E-state index contributed by atoms with van der Waals surface area (Å²) in [5, 5.41) is 2.89. The molecular weight excluding hydrogens is 316 g/mol. The van der Waals surface area contributed by atoms with E-state index in [2.05, 4.69) is 21.2 Å². The summed E-state index contributed by atoms with van der Waals surface area (Å²) in [4.78, 5) is 12.2. The fourth-order valence-corrected chi connectivity index (χ4v) is 2.86. The van der Waals surface area contributed by atoms with Crippen molar-refractivity contribution in [2.75, 3.05) is 5.32 Å². The number of carbonyl (C=O) groups excluding carboxylic acids is 1. The van der Waals surface area contributed by atoms with E-state index in [1.54, 1.807) is 0 Å². The minimum atomic E-state index is -0.677. The zero-order chi connectivity index (χ0) is 14.7. The van der Waals surface area contributed by atoms with Gasteiger partial charge in [0.25, 0.3) is 0 Å². The monoisotopic (exact) mass is 332 g/mol. The summed E-state index contributed by atoms with van der Waals surface area (Å²) in [5.41, 5.74) is 9.70. The number of amides is 1. The number of aryl methyl sites for hydroxylation is 2. The number of halogens is 1. The average molecular weight is 333 g/mol. The van der Waals surface area contributed by atoms with Gasteiger partial charge in [0.05, 0.1) is 5.69 Å². The first-order valence-electron chi connectivity index (χ1n) is 6.37. The van der Waals surface area contributed by atoms with Gasteiger partial charge in [-0.25, -0.2) is 0 Å². The Morgan fingerprint density at radius 3 is 2.45 bits per heavy atom. The molecule has 3 N–H and O–H groups in total. The second-order valence-electron chi connectivity index (χ2n) is 4.82. The van der Waals surface area contributed by atoms with Gasteiger partial charge in [0.15, 0.2) is 0 Å². The van der Waals surface area contributed by atoms with Crippen molar-refractivity contribution in [2.45, 2.75) is 19.9 Å². The van der Waals surface area contributed by atoms with Gasteiger partial charge in [0.2, 0.25) is 5.91 Å². The van der Waals surface area contributed by atoms with Crippen LogP contribution < -0.4 is 11.1 Å². The summed E-state index contributed by atoms with van der Waals surface area (Å²) >= 11 is 3.48. The quantitative estimate of drug-likeness (QED) is 0.900. The van der Waals surface area contributed by atoms with Gasteiger partial charge in [-0.05, 0) is 52.5 Å². The molecule has 0 fully saturated rings. The van der Waals surface area contributed by atoms with E-state index < -0.39 is 6.04 Å². The number of carbonyl (C=O) groups is 1. The first kappa shape index (κ1) is 14.8. The van der Waals surface area contributed by atoms with Crippen LogP contribution in [0.25, 0.3) is 0 Å². The number of benzene rings is 2. The molecule has 0 aliphatic rings. The highest BCUT2D eigenvalue weighted by Gasteiger charge is 2.17. The van der Waals surface area contributed by atoms with Crippen molar-refractivity contribution in [3.05, 3.63) is 63.6 Å². The molecule has 0 saturated heterocycles. The van der Waals surface area contributed by atoms with E-state index >= 15 is 0 Å². The van der Waals surface area contributed by atoms with Crippen LogP contribution in [0.3, 0.4) is 0 Å². The van der Waals surface area contributed by atoms with Crippen LogP contribution in [0.4, 0.5) is 5.69 Å². The highest BCUT2D eigenvalue weighted by Crippen LogP contribution is 2.28. The summed E-state index contributed by atoms with van der Waals surface area (Å²) in [6.45, 7) is 3.97. The van der Waals surface area contributed by atoms with Gasteiger partial charge in [-0.2, -0.15) is 0 Å². The number of nitrogens with two attached hydrogens (primary N) is 1. The Labute approximate surface area is 127 Å². The number of nitrogens with one attached hydrogen (secondary N) is 1. The van der Waals surface area contributed by atoms with Crippen molar-refractivity contribution < 1.29 is 4.79 Å². The first-order chi connectivity index (χ1) is 9.49. The molecule has 0 heterocycles. The molecule has 0 spiro atoms. The lowest BCUT2D eigenvalue weighted by Gasteiger charge is -2.16. The third-order valence-corrected chi connectivity index (χ3v) is 3.75. The zero-order valence-corrected chi connectivity index (χ0v) is 13.1. The van der Waals surface area contributed by atoms with Gasteiger partial charge in [0, 0.05) is 4.47 Å². The van der Waals surface area contributed by atoms with E-state index in [1.807, 2.05) is 56.3 Å². The van der Waals surface area contributed by atoms with Crippen LogP contribution in [0.2, 0.25) is 0 Å². The van der Waals surface area contributed by atoms with E-state index in [0.717, 1.165) is 26.9 Å². The maximum absolute atomic E-state index is 12.2. The Balaban J connectivity index is 2.20. The lowest BCUT2D eigenvalue weighted by atomic mass is 10.1. The smallest absolute Gasteiger partial charge is 0.245 e. The Kier molecular flexibility index (Phi) is 4.57. The molecule has 0 saturated carbocycles. The lowest BCUT2D eigenvalue weighted by Crippen LogP contribution is -2.28. The molecule has 2 aromatic rings. The number of hydrogen-bond donors (Lipinski definition) is 2. The molecule has 3 nitrogen and oxygen atoms in total. The molecule has 20 heavy (non-hydrogen) atoms. The maximum atomic E-state index is 12.2.